The number of carbonyl (C=O) groups is 2. The molecule has 1 saturated carbocycles. The summed E-state index contributed by atoms with van der Waals surface area (Å²) in [7, 11) is 1.66. The van der Waals surface area contributed by atoms with Crippen molar-refractivity contribution >= 4 is 11.9 Å². The van der Waals surface area contributed by atoms with Crippen molar-refractivity contribution in [1.82, 2.24) is 5.32 Å². The average molecular weight is 257 g/mol. The first-order chi connectivity index (χ1) is 8.47. The molecule has 0 saturated heterocycles. The van der Waals surface area contributed by atoms with E-state index in [0.717, 1.165) is 19.3 Å². The standard InChI is InChI=1S/C13H23NO4/c1-10(5-3-6-12(16)17)14-11(15)9-13(18-2)7-4-8-13/h10H,3-9H2,1-2H3,(H,14,15)(H,16,17). The second kappa shape index (κ2) is 6.73. The molecule has 1 aliphatic carbocycles. The van der Waals surface area contributed by atoms with Crippen molar-refractivity contribution in [1.29, 1.82) is 0 Å². The molecule has 18 heavy (non-hydrogen) atoms. The van der Waals surface area contributed by atoms with E-state index in [1.165, 1.54) is 0 Å². The van der Waals surface area contributed by atoms with Gasteiger partial charge in [0.2, 0.25) is 5.91 Å². The number of hydrogen-bond donors (Lipinski definition) is 2. The van der Waals surface area contributed by atoms with E-state index < -0.39 is 5.97 Å². The van der Waals surface area contributed by atoms with Crippen LogP contribution in [0, 0.1) is 0 Å². The van der Waals surface area contributed by atoms with Crippen LogP contribution in [0.2, 0.25) is 0 Å². The van der Waals surface area contributed by atoms with Crippen molar-refractivity contribution < 1.29 is 19.4 Å². The first kappa shape index (κ1) is 15.0. The third kappa shape index (κ3) is 4.64. The zero-order chi connectivity index (χ0) is 13.6. The molecule has 104 valence electrons. The second-order valence-electron chi connectivity index (χ2n) is 5.17. The Bertz CT molecular complexity index is 294. The topological polar surface area (TPSA) is 75.6 Å². The van der Waals surface area contributed by atoms with E-state index in [1.54, 1.807) is 7.11 Å². The van der Waals surface area contributed by atoms with Crippen LogP contribution in [0.4, 0.5) is 0 Å². The monoisotopic (exact) mass is 257 g/mol. The molecule has 1 fully saturated rings. The number of nitrogens with one attached hydrogen (secondary N) is 1. The van der Waals surface area contributed by atoms with Gasteiger partial charge >= 0.3 is 5.97 Å². The van der Waals surface area contributed by atoms with Crippen LogP contribution < -0.4 is 5.32 Å². The first-order valence-electron chi connectivity index (χ1n) is 6.54. The minimum Gasteiger partial charge on any atom is -0.481 e. The van der Waals surface area contributed by atoms with Gasteiger partial charge in [-0.3, -0.25) is 9.59 Å². The maximum absolute atomic E-state index is 11.8. The molecule has 2 N–H and O–H groups in total. The normalized spacial score (nSPS) is 18.8. The number of ether oxygens (including phenoxy) is 1. The fourth-order valence-electron chi connectivity index (χ4n) is 2.27. The lowest BCUT2D eigenvalue weighted by molar-refractivity contribution is -0.137. The van der Waals surface area contributed by atoms with E-state index in [2.05, 4.69) is 5.32 Å². The highest BCUT2D eigenvalue weighted by Gasteiger charge is 2.39. The summed E-state index contributed by atoms with van der Waals surface area (Å²) >= 11 is 0. The summed E-state index contributed by atoms with van der Waals surface area (Å²) in [6, 6.07) is 0.0193. The Labute approximate surface area is 108 Å². The lowest BCUT2D eigenvalue weighted by Gasteiger charge is -2.40. The van der Waals surface area contributed by atoms with E-state index in [1.807, 2.05) is 6.92 Å². The number of carbonyl (C=O) groups excluding carboxylic acids is 1. The molecule has 0 aliphatic heterocycles. The number of carboxylic acid groups (broad SMARTS) is 1. The van der Waals surface area contributed by atoms with Crippen molar-refractivity contribution in [2.45, 2.75) is 63.5 Å². The molecule has 1 rings (SSSR count). The predicted octanol–water partition coefficient (Wildman–Crippen LogP) is 1.71. The Balaban J connectivity index is 2.20. The fraction of sp³-hybridized carbons (Fsp3) is 0.846. The number of carboxylic acids is 1. The van der Waals surface area contributed by atoms with Crippen LogP contribution in [-0.2, 0) is 14.3 Å². The highest BCUT2D eigenvalue weighted by molar-refractivity contribution is 5.77. The molecule has 0 bridgehead atoms. The highest BCUT2D eigenvalue weighted by atomic mass is 16.5. The minimum atomic E-state index is -0.790. The highest BCUT2D eigenvalue weighted by Crippen LogP contribution is 2.37. The Morgan fingerprint density at radius 1 is 1.44 bits per heavy atom. The Hall–Kier alpha value is -1.10. The zero-order valence-corrected chi connectivity index (χ0v) is 11.2. The van der Waals surface area contributed by atoms with Crippen LogP contribution in [0.1, 0.15) is 51.9 Å². The fourth-order valence-corrected chi connectivity index (χ4v) is 2.27. The van der Waals surface area contributed by atoms with Crippen molar-refractivity contribution in [3.8, 4) is 0 Å². The number of rotatable bonds is 8. The summed E-state index contributed by atoms with van der Waals surface area (Å²) in [5.41, 5.74) is -0.245. The van der Waals surface area contributed by atoms with Crippen LogP contribution in [0.5, 0.6) is 0 Å². The Kier molecular flexibility index (Phi) is 5.59. The lowest BCUT2D eigenvalue weighted by atomic mass is 9.77. The average Bonchev–Trinajstić information content (AvgIpc) is 2.22. The zero-order valence-electron chi connectivity index (χ0n) is 11.2. The molecule has 1 atom stereocenters. The molecule has 0 spiro atoms. The number of methoxy groups -OCH3 is 1. The van der Waals surface area contributed by atoms with E-state index in [4.69, 9.17) is 9.84 Å². The van der Waals surface area contributed by atoms with Gasteiger partial charge in [-0.2, -0.15) is 0 Å². The molecule has 5 nitrogen and oxygen atoms in total. The predicted molar refractivity (Wildman–Crippen MR) is 67.3 cm³/mol. The van der Waals surface area contributed by atoms with Crippen LogP contribution in [-0.4, -0.2) is 35.7 Å². The van der Waals surface area contributed by atoms with Crippen molar-refractivity contribution in [2.75, 3.05) is 7.11 Å². The van der Waals surface area contributed by atoms with Crippen LogP contribution in [0.25, 0.3) is 0 Å². The molecular weight excluding hydrogens is 234 g/mol. The third-order valence-corrected chi connectivity index (χ3v) is 3.62. The summed E-state index contributed by atoms with van der Waals surface area (Å²) in [6.45, 7) is 1.90. The molecule has 0 aromatic rings. The van der Waals surface area contributed by atoms with E-state index in [9.17, 15) is 9.59 Å². The van der Waals surface area contributed by atoms with E-state index in [-0.39, 0.29) is 24.0 Å². The molecule has 0 aromatic carbocycles. The van der Waals surface area contributed by atoms with Crippen LogP contribution >= 0.6 is 0 Å². The van der Waals surface area contributed by atoms with Gasteiger partial charge in [-0.15, -0.1) is 0 Å². The molecule has 1 unspecified atom stereocenters. The van der Waals surface area contributed by atoms with Gasteiger partial charge in [0.1, 0.15) is 0 Å². The largest absolute Gasteiger partial charge is 0.481 e. The minimum absolute atomic E-state index is 0.000579. The van der Waals surface area contributed by atoms with Gasteiger partial charge in [-0.25, -0.2) is 0 Å². The first-order valence-corrected chi connectivity index (χ1v) is 6.54. The maximum Gasteiger partial charge on any atom is 0.303 e. The molecule has 0 radical (unpaired) electrons. The van der Waals surface area contributed by atoms with Crippen molar-refractivity contribution in [3.63, 3.8) is 0 Å². The van der Waals surface area contributed by atoms with Gasteiger partial charge < -0.3 is 15.2 Å². The Morgan fingerprint density at radius 2 is 2.11 bits per heavy atom. The van der Waals surface area contributed by atoms with Crippen LogP contribution in [0.3, 0.4) is 0 Å². The SMILES string of the molecule is COC1(CC(=O)NC(C)CCCC(=O)O)CCC1. The van der Waals surface area contributed by atoms with Gasteiger partial charge in [0.15, 0.2) is 0 Å². The second-order valence-corrected chi connectivity index (χ2v) is 5.17. The third-order valence-electron chi connectivity index (χ3n) is 3.62. The molecular formula is C13H23NO4. The molecule has 0 heterocycles. The number of aliphatic carboxylic acids is 1. The van der Waals surface area contributed by atoms with Gasteiger partial charge in [-0.05, 0) is 39.0 Å². The number of hydrogen-bond acceptors (Lipinski definition) is 3. The Morgan fingerprint density at radius 3 is 2.56 bits per heavy atom. The summed E-state index contributed by atoms with van der Waals surface area (Å²) in [5.74, 6) is -0.791. The van der Waals surface area contributed by atoms with E-state index >= 15 is 0 Å². The molecule has 1 amide bonds. The molecule has 0 aromatic heterocycles. The summed E-state index contributed by atoms with van der Waals surface area (Å²) in [5, 5.41) is 11.4. The van der Waals surface area contributed by atoms with Gasteiger partial charge in [0.05, 0.1) is 12.0 Å². The van der Waals surface area contributed by atoms with Crippen molar-refractivity contribution in [2.24, 2.45) is 0 Å². The summed E-state index contributed by atoms with van der Waals surface area (Å²) < 4.78 is 5.40. The van der Waals surface area contributed by atoms with Crippen molar-refractivity contribution in [3.05, 3.63) is 0 Å². The summed E-state index contributed by atoms with van der Waals surface area (Å²) in [4.78, 5) is 22.2. The molecule has 1 aliphatic rings. The van der Waals surface area contributed by atoms with E-state index in [0.29, 0.717) is 19.3 Å². The smallest absolute Gasteiger partial charge is 0.303 e. The number of amides is 1. The van der Waals surface area contributed by atoms with Crippen LogP contribution in [0.15, 0.2) is 0 Å². The van der Waals surface area contributed by atoms with Gasteiger partial charge in [0, 0.05) is 19.6 Å². The summed E-state index contributed by atoms with van der Waals surface area (Å²) in [6.07, 6.45) is 4.86. The quantitative estimate of drug-likeness (QED) is 0.694. The maximum atomic E-state index is 11.8. The van der Waals surface area contributed by atoms with Gasteiger partial charge in [-0.1, -0.05) is 0 Å². The van der Waals surface area contributed by atoms with Gasteiger partial charge in [0.25, 0.3) is 0 Å². The lowest BCUT2D eigenvalue weighted by Crippen LogP contribution is -2.45. The molecule has 5 heteroatoms.